The number of amides is 1. The van der Waals surface area contributed by atoms with Gasteiger partial charge < -0.3 is 5.32 Å². The fourth-order valence-corrected chi connectivity index (χ4v) is 4.49. The molecule has 2 rings (SSSR count). The molecule has 0 aliphatic heterocycles. The van der Waals surface area contributed by atoms with Gasteiger partial charge in [-0.05, 0) is 34.1 Å². The van der Waals surface area contributed by atoms with Crippen LogP contribution in [-0.4, -0.2) is 33.5 Å². The number of nitrogens with zero attached hydrogens (tertiary/aromatic N) is 1. The summed E-state index contributed by atoms with van der Waals surface area (Å²) >= 11 is 3.11. The lowest BCUT2D eigenvalue weighted by Crippen LogP contribution is -2.21. The first-order valence-electron chi connectivity index (χ1n) is 6.98. The average molecular weight is 460 g/mol. The molecule has 0 aliphatic carbocycles. The summed E-state index contributed by atoms with van der Waals surface area (Å²) in [5.74, 6) is -1.28. The second kappa shape index (κ2) is 7.66. The number of hydrogen-bond acceptors (Lipinski definition) is 6. The Labute approximate surface area is 159 Å². The van der Waals surface area contributed by atoms with Gasteiger partial charge in [-0.2, -0.15) is 0 Å². The molecule has 0 atom stereocenters. The van der Waals surface area contributed by atoms with Crippen LogP contribution in [0.1, 0.15) is 10.5 Å². The first kappa shape index (κ1) is 20.2. The summed E-state index contributed by atoms with van der Waals surface area (Å²) in [6, 6.07) is 6.72. The highest BCUT2D eigenvalue weighted by Gasteiger charge is 2.25. The second-order valence-corrected chi connectivity index (χ2v) is 9.51. The molecule has 0 saturated heterocycles. The SMILES string of the molecule is C=CCS(=O)(=O)c1cc(Br)cnc1C(=O)Nc1ccccc1S(N)(=O)=O. The van der Waals surface area contributed by atoms with Crippen molar-refractivity contribution in [2.45, 2.75) is 9.79 Å². The van der Waals surface area contributed by atoms with Crippen molar-refractivity contribution in [1.29, 1.82) is 0 Å². The van der Waals surface area contributed by atoms with Crippen molar-refractivity contribution in [3.8, 4) is 0 Å². The van der Waals surface area contributed by atoms with Gasteiger partial charge in [0.1, 0.15) is 10.6 Å². The zero-order valence-electron chi connectivity index (χ0n) is 13.2. The van der Waals surface area contributed by atoms with E-state index in [2.05, 4.69) is 32.8 Å². The normalized spacial score (nSPS) is 11.8. The minimum atomic E-state index is -4.09. The van der Waals surface area contributed by atoms with Gasteiger partial charge in [0.15, 0.2) is 9.84 Å². The van der Waals surface area contributed by atoms with Crippen LogP contribution in [0, 0.1) is 0 Å². The zero-order valence-corrected chi connectivity index (χ0v) is 16.4. The van der Waals surface area contributed by atoms with Crippen molar-refractivity contribution in [2.75, 3.05) is 11.1 Å². The number of carbonyl (C=O) groups excluding carboxylic acids is 1. The standard InChI is InChI=1S/C15H14BrN3O5S2/c1-2-7-25(21,22)13-8-10(16)9-18-14(13)15(20)19-11-5-3-4-6-12(11)26(17,23)24/h2-6,8-9H,1,7H2,(H,19,20)(H2,17,23,24). The highest BCUT2D eigenvalue weighted by molar-refractivity contribution is 9.10. The average Bonchev–Trinajstić information content (AvgIpc) is 2.54. The molecule has 0 saturated carbocycles. The number of aromatic nitrogens is 1. The van der Waals surface area contributed by atoms with Crippen molar-refractivity contribution in [1.82, 2.24) is 4.98 Å². The largest absolute Gasteiger partial charge is 0.319 e. The summed E-state index contributed by atoms with van der Waals surface area (Å²) < 4.78 is 48.3. The molecule has 2 aromatic rings. The first-order valence-corrected chi connectivity index (χ1v) is 11.0. The van der Waals surface area contributed by atoms with Crippen molar-refractivity contribution < 1.29 is 21.6 Å². The molecule has 0 unspecified atom stereocenters. The summed E-state index contributed by atoms with van der Waals surface area (Å²) in [5, 5.41) is 7.46. The Morgan fingerprint density at radius 1 is 1.23 bits per heavy atom. The molecule has 1 aromatic carbocycles. The third-order valence-corrected chi connectivity index (χ3v) is 6.21. The summed E-state index contributed by atoms with van der Waals surface area (Å²) in [6.07, 6.45) is 2.45. The molecule has 0 radical (unpaired) electrons. The number of sulfonamides is 1. The van der Waals surface area contributed by atoms with E-state index in [9.17, 15) is 21.6 Å². The van der Waals surface area contributed by atoms with Gasteiger partial charge in [0.05, 0.1) is 16.3 Å². The molecular weight excluding hydrogens is 446 g/mol. The predicted octanol–water partition coefficient (Wildman–Crippen LogP) is 1.70. The third kappa shape index (κ3) is 4.55. The van der Waals surface area contributed by atoms with E-state index in [1.54, 1.807) is 0 Å². The zero-order chi connectivity index (χ0) is 19.5. The molecule has 26 heavy (non-hydrogen) atoms. The maximum atomic E-state index is 12.6. The van der Waals surface area contributed by atoms with Crippen LogP contribution >= 0.6 is 15.9 Å². The van der Waals surface area contributed by atoms with Crippen molar-refractivity contribution in [3.63, 3.8) is 0 Å². The number of rotatable bonds is 6. The monoisotopic (exact) mass is 459 g/mol. The van der Waals surface area contributed by atoms with Gasteiger partial charge in [0.25, 0.3) is 5.91 Å². The van der Waals surface area contributed by atoms with E-state index < -0.39 is 25.8 Å². The number of anilines is 1. The summed E-state index contributed by atoms with van der Waals surface area (Å²) in [7, 11) is -7.94. The Morgan fingerprint density at radius 3 is 2.50 bits per heavy atom. The quantitative estimate of drug-likeness (QED) is 0.630. The Bertz CT molecular complexity index is 1080. The molecule has 1 aromatic heterocycles. The fourth-order valence-electron chi connectivity index (χ4n) is 2.07. The number of pyridine rings is 1. The van der Waals surface area contributed by atoms with Crippen LogP contribution in [0.15, 0.2) is 63.4 Å². The van der Waals surface area contributed by atoms with E-state index in [0.29, 0.717) is 4.47 Å². The maximum absolute atomic E-state index is 12.6. The highest BCUT2D eigenvalue weighted by atomic mass is 79.9. The van der Waals surface area contributed by atoms with E-state index in [4.69, 9.17) is 5.14 Å². The Balaban J connectivity index is 2.52. The molecule has 11 heteroatoms. The van der Waals surface area contributed by atoms with Crippen molar-refractivity contribution in [2.24, 2.45) is 5.14 Å². The molecule has 8 nitrogen and oxygen atoms in total. The minimum absolute atomic E-state index is 0.0863. The van der Waals surface area contributed by atoms with Crippen LogP contribution in [0.4, 0.5) is 5.69 Å². The topological polar surface area (TPSA) is 136 Å². The van der Waals surface area contributed by atoms with Gasteiger partial charge in [-0.25, -0.2) is 27.0 Å². The molecule has 0 aliphatic rings. The molecular formula is C15H14BrN3O5S2. The molecule has 3 N–H and O–H groups in total. The Hall–Kier alpha value is -2.08. The molecule has 0 fully saturated rings. The van der Waals surface area contributed by atoms with E-state index >= 15 is 0 Å². The van der Waals surface area contributed by atoms with Crippen LogP contribution in [0.5, 0.6) is 0 Å². The lowest BCUT2D eigenvalue weighted by molar-refractivity contribution is 0.101. The Morgan fingerprint density at radius 2 is 1.88 bits per heavy atom. The smallest absolute Gasteiger partial charge is 0.275 e. The molecule has 1 heterocycles. The van der Waals surface area contributed by atoms with Gasteiger partial charge in [0.2, 0.25) is 10.0 Å². The van der Waals surface area contributed by atoms with E-state index in [1.807, 2.05) is 0 Å². The van der Waals surface area contributed by atoms with Gasteiger partial charge in [0, 0.05) is 10.7 Å². The molecule has 1 amide bonds. The summed E-state index contributed by atoms with van der Waals surface area (Å²) in [5.41, 5.74) is -0.462. The van der Waals surface area contributed by atoms with Crippen molar-refractivity contribution in [3.05, 3.63) is 59.4 Å². The third-order valence-electron chi connectivity index (χ3n) is 3.15. The fraction of sp³-hybridized carbons (Fsp3) is 0.0667. The van der Waals surface area contributed by atoms with Crippen LogP contribution in [0.2, 0.25) is 0 Å². The number of benzene rings is 1. The van der Waals surface area contributed by atoms with Crippen molar-refractivity contribution >= 4 is 47.4 Å². The predicted molar refractivity (Wildman–Crippen MR) is 100.0 cm³/mol. The number of halogens is 1. The number of carbonyl (C=O) groups is 1. The second-order valence-electron chi connectivity index (χ2n) is 5.07. The van der Waals surface area contributed by atoms with Crippen LogP contribution < -0.4 is 10.5 Å². The summed E-state index contributed by atoms with van der Waals surface area (Å²) in [4.78, 5) is 15.8. The lowest BCUT2D eigenvalue weighted by Gasteiger charge is -2.12. The number of hydrogen-bond donors (Lipinski definition) is 2. The van der Waals surface area contributed by atoms with E-state index in [-0.39, 0.29) is 26.9 Å². The van der Waals surface area contributed by atoms with Crippen LogP contribution in [-0.2, 0) is 19.9 Å². The minimum Gasteiger partial charge on any atom is -0.319 e. The number of para-hydroxylation sites is 1. The van der Waals surface area contributed by atoms with Gasteiger partial charge >= 0.3 is 0 Å². The molecule has 0 spiro atoms. The van der Waals surface area contributed by atoms with Crippen LogP contribution in [0.3, 0.4) is 0 Å². The molecule has 138 valence electrons. The number of nitrogens with two attached hydrogens (primary N) is 1. The maximum Gasteiger partial charge on any atom is 0.275 e. The number of nitrogens with one attached hydrogen (secondary N) is 1. The van der Waals surface area contributed by atoms with Gasteiger partial charge in [-0.3, -0.25) is 4.79 Å². The van der Waals surface area contributed by atoms with Gasteiger partial charge in [-0.15, -0.1) is 6.58 Å². The number of sulfone groups is 1. The van der Waals surface area contributed by atoms with Gasteiger partial charge in [-0.1, -0.05) is 18.2 Å². The highest BCUT2D eigenvalue weighted by Crippen LogP contribution is 2.24. The number of primary sulfonamides is 1. The lowest BCUT2D eigenvalue weighted by atomic mass is 10.3. The molecule has 0 bridgehead atoms. The van der Waals surface area contributed by atoms with E-state index in [1.165, 1.54) is 42.6 Å². The van der Waals surface area contributed by atoms with Crippen LogP contribution in [0.25, 0.3) is 0 Å². The Kier molecular flexibility index (Phi) is 5.96. The van der Waals surface area contributed by atoms with E-state index in [0.717, 1.165) is 0 Å². The first-order chi connectivity index (χ1) is 12.1. The summed E-state index contributed by atoms with van der Waals surface area (Å²) in [6.45, 7) is 3.38.